The molecule has 3 unspecified atom stereocenters. The molecular weight excluding hydrogens is 262 g/mol. The van der Waals surface area contributed by atoms with Crippen LogP contribution in [0.3, 0.4) is 0 Å². The summed E-state index contributed by atoms with van der Waals surface area (Å²) in [7, 11) is 0. The number of nitrogens with one attached hydrogen (secondary N) is 1. The Balaban J connectivity index is 1.60. The third-order valence-corrected chi connectivity index (χ3v) is 4.68. The highest BCUT2D eigenvalue weighted by Gasteiger charge is 2.38. The van der Waals surface area contributed by atoms with Crippen molar-refractivity contribution < 1.29 is 0 Å². The Bertz CT molecular complexity index is 522. The van der Waals surface area contributed by atoms with Gasteiger partial charge in [0.25, 0.3) is 0 Å². The second kappa shape index (κ2) is 5.04. The van der Waals surface area contributed by atoms with E-state index in [0.29, 0.717) is 18.0 Å². The molecule has 3 atom stereocenters. The molecule has 0 radical (unpaired) electrons. The molecular formula is C15H16ClNS. The first-order chi connectivity index (χ1) is 8.74. The van der Waals surface area contributed by atoms with Crippen LogP contribution in [-0.2, 0) is 0 Å². The Morgan fingerprint density at radius 2 is 2.11 bits per heavy atom. The first-order valence-corrected chi connectivity index (χ1v) is 7.55. The summed E-state index contributed by atoms with van der Waals surface area (Å²) in [5.74, 6) is 0.683. The largest absolute Gasteiger partial charge is 0.307 e. The van der Waals surface area contributed by atoms with E-state index in [2.05, 4.69) is 54.0 Å². The van der Waals surface area contributed by atoms with Crippen LogP contribution in [0.1, 0.15) is 36.4 Å². The highest BCUT2D eigenvalue weighted by atomic mass is 35.5. The summed E-state index contributed by atoms with van der Waals surface area (Å²) in [6.07, 6.45) is 1.24. The van der Waals surface area contributed by atoms with Crippen LogP contribution in [0.5, 0.6) is 0 Å². The van der Waals surface area contributed by atoms with Crippen LogP contribution in [0.25, 0.3) is 0 Å². The Morgan fingerprint density at radius 3 is 2.78 bits per heavy atom. The van der Waals surface area contributed by atoms with Gasteiger partial charge in [-0.15, -0.1) is 11.3 Å². The van der Waals surface area contributed by atoms with Gasteiger partial charge in [-0.25, -0.2) is 0 Å². The average Bonchev–Trinajstić information content (AvgIpc) is 3.01. The average molecular weight is 278 g/mol. The van der Waals surface area contributed by atoms with Gasteiger partial charge in [0.05, 0.1) is 4.34 Å². The first-order valence-electron chi connectivity index (χ1n) is 6.29. The Labute approximate surface area is 117 Å². The molecule has 94 valence electrons. The van der Waals surface area contributed by atoms with Crippen molar-refractivity contribution in [2.75, 3.05) is 0 Å². The number of benzene rings is 1. The fourth-order valence-corrected chi connectivity index (χ4v) is 3.40. The third kappa shape index (κ3) is 2.61. The van der Waals surface area contributed by atoms with Crippen molar-refractivity contribution in [1.29, 1.82) is 0 Å². The Kier molecular flexibility index (Phi) is 3.42. The predicted molar refractivity (Wildman–Crippen MR) is 78.5 cm³/mol. The molecule has 0 saturated heterocycles. The minimum Gasteiger partial charge on any atom is -0.307 e. The SMILES string of the molecule is CC(NC1CC1c1ccccc1)c1csc(Cl)c1. The molecule has 3 rings (SSSR count). The highest BCUT2D eigenvalue weighted by molar-refractivity contribution is 7.14. The van der Waals surface area contributed by atoms with Crippen LogP contribution in [0.15, 0.2) is 41.8 Å². The lowest BCUT2D eigenvalue weighted by Gasteiger charge is -2.12. The van der Waals surface area contributed by atoms with E-state index in [9.17, 15) is 0 Å². The van der Waals surface area contributed by atoms with E-state index < -0.39 is 0 Å². The van der Waals surface area contributed by atoms with Crippen molar-refractivity contribution in [3.63, 3.8) is 0 Å². The molecule has 0 spiro atoms. The van der Waals surface area contributed by atoms with Crippen molar-refractivity contribution >= 4 is 22.9 Å². The summed E-state index contributed by atoms with van der Waals surface area (Å²) in [5, 5.41) is 5.82. The molecule has 18 heavy (non-hydrogen) atoms. The monoisotopic (exact) mass is 277 g/mol. The van der Waals surface area contributed by atoms with E-state index in [0.717, 1.165) is 4.34 Å². The van der Waals surface area contributed by atoms with Gasteiger partial charge in [0.15, 0.2) is 0 Å². The van der Waals surface area contributed by atoms with Crippen LogP contribution < -0.4 is 5.32 Å². The number of hydrogen-bond donors (Lipinski definition) is 1. The number of thiophene rings is 1. The quantitative estimate of drug-likeness (QED) is 0.861. The van der Waals surface area contributed by atoms with Gasteiger partial charge in [0.2, 0.25) is 0 Å². The fraction of sp³-hybridized carbons (Fsp3) is 0.333. The van der Waals surface area contributed by atoms with Crippen molar-refractivity contribution in [1.82, 2.24) is 5.32 Å². The third-order valence-electron chi connectivity index (χ3n) is 3.57. The van der Waals surface area contributed by atoms with Gasteiger partial charge in [-0.1, -0.05) is 41.9 Å². The van der Waals surface area contributed by atoms with Crippen molar-refractivity contribution in [2.24, 2.45) is 0 Å². The first kappa shape index (κ1) is 12.2. The normalized spacial score (nSPS) is 23.9. The molecule has 1 fully saturated rings. The van der Waals surface area contributed by atoms with Crippen LogP contribution in [0.4, 0.5) is 0 Å². The van der Waals surface area contributed by atoms with Crippen LogP contribution >= 0.6 is 22.9 Å². The maximum atomic E-state index is 5.97. The molecule has 1 aliphatic carbocycles. The van der Waals surface area contributed by atoms with E-state index in [-0.39, 0.29) is 0 Å². The predicted octanol–water partition coefficient (Wildman–Crippen LogP) is 4.61. The molecule has 2 aromatic rings. The van der Waals surface area contributed by atoms with E-state index in [4.69, 9.17) is 11.6 Å². The topological polar surface area (TPSA) is 12.0 Å². The number of halogens is 1. The van der Waals surface area contributed by atoms with Crippen LogP contribution in [-0.4, -0.2) is 6.04 Å². The molecule has 0 bridgehead atoms. The summed E-state index contributed by atoms with van der Waals surface area (Å²) in [6.45, 7) is 2.21. The zero-order valence-electron chi connectivity index (χ0n) is 10.3. The molecule has 3 heteroatoms. The summed E-state index contributed by atoms with van der Waals surface area (Å²) in [6, 6.07) is 13.8. The molecule has 0 amide bonds. The second-order valence-corrected chi connectivity index (χ2v) is 6.47. The smallest absolute Gasteiger partial charge is 0.0931 e. The van der Waals surface area contributed by atoms with Crippen LogP contribution in [0.2, 0.25) is 4.34 Å². The lowest BCUT2D eigenvalue weighted by atomic mass is 10.1. The van der Waals surface area contributed by atoms with Gasteiger partial charge in [-0.3, -0.25) is 0 Å². The molecule has 1 nitrogen and oxygen atoms in total. The maximum absolute atomic E-state index is 5.97. The summed E-state index contributed by atoms with van der Waals surface area (Å²) >= 11 is 7.57. The summed E-state index contributed by atoms with van der Waals surface area (Å²) < 4.78 is 0.869. The molecule has 1 aromatic heterocycles. The molecule has 1 N–H and O–H groups in total. The van der Waals surface area contributed by atoms with E-state index in [1.807, 2.05) is 0 Å². The van der Waals surface area contributed by atoms with Crippen molar-refractivity contribution in [3.05, 3.63) is 57.2 Å². The molecule has 0 aliphatic heterocycles. The Hall–Kier alpha value is -0.830. The second-order valence-electron chi connectivity index (χ2n) is 4.93. The molecule has 1 heterocycles. The molecule has 1 aromatic carbocycles. The zero-order chi connectivity index (χ0) is 12.5. The molecule has 1 saturated carbocycles. The van der Waals surface area contributed by atoms with Gasteiger partial charge in [-0.05, 0) is 35.9 Å². The van der Waals surface area contributed by atoms with E-state index in [1.54, 1.807) is 11.3 Å². The molecule has 1 aliphatic rings. The fourth-order valence-electron chi connectivity index (χ4n) is 2.42. The van der Waals surface area contributed by atoms with E-state index >= 15 is 0 Å². The van der Waals surface area contributed by atoms with Crippen molar-refractivity contribution in [2.45, 2.75) is 31.3 Å². The lowest BCUT2D eigenvalue weighted by molar-refractivity contribution is 0.564. The zero-order valence-corrected chi connectivity index (χ0v) is 11.8. The van der Waals surface area contributed by atoms with Crippen LogP contribution in [0, 0.1) is 0 Å². The van der Waals surface area contributed by atoms with Gasteiger partial charge in [0, 0.05) is 18.0 Å². The number of hydrogen-bond acceptors (Lipinski definition) is 2. The standard InChI is InChI=1S/C15H16ClNS/c1-10(12-7-15(16)18-9-12)17-14-8-13(14)11-5-3-2-4-6-11/h2-7,9-10,13-14,17H,8H2,1H3. The number of rotatable bonds is 4. The van der Waals surface area contributed by atoms with Gasteiger partial charge in [0.1, 0.15) is 0 Å². The summed E-state index contributed by atoms with van der Waals surface area (Å²) in [4.78, 5) is 0. The highest BCUT2D eigenvalue weighted by Crippen LogP contribution is 2.42. The Morgan fingerprint density at radius 1 is 1.33 bits per heavy atom. The van der Waals surface area contributed by atoms with Gasteiger partial charge in [-0.2, -0.15) is 0 Å². The van der Waals surface area contributed by atoms with Crippen molar-refractivity contribution in [3.8, 4) is 0 Å². The minimum absolute atomic E-state index is 0.382. The van der Waals surface area contributed by atoms with Gasteiger partial charge < -0.3 is 5.32 Å². The van der Waals surface area contributed by atoms with Gasteiger partial charge >= 0.3 is 0 Å². The summed E-state index contributed by atoms with van der Waals surface area (Å²) in [5.41, 5.74) is 2.74. The lowest BCUT2D eigenvalue weighted by Crippen LogP contribution is -2.21. The van der Waals surface area contributed by atoms with E-state index in [1.165, 1.54) is 17.5 Å². The minimum atomic E-state index is 0.382. The maximum Gasteiger partial charge on any atom is 0.0931 e.